The lowest BCUT2D eigenvalue weighted by Crippen LogP contribution is -2.01. The van der Waals surface area contributed by atoms with Crippen molar-refractivity contribution in [3.63, 3.8) is 0 Å². The molecule has 0 aliphatic rings. The van der Waals surface area contributed by atoms with Gasteiger partial charge in [0.15, 0.2) is 5.82 Å². The highest BCUT2D eigenvalue weighted by Crippen LogP contribution is 2.10. The van der Waals surface area contributed by atoms with Crippen LogP contribution in [-0.2, 0) is 6.42 Å². The van der Waals surface area contributed by atoms with Gasteiger partial charge in [-0.15, -0.1) is 11.3 Å². The Morgan fingerprint density at radius 3 is 3.12 bits per heavy atom. The monoisotopic (exact) mass is 252 g/mol. The molecule has 0 aliphatic carbocycles. The van der Waals surface area contributed by atoms with E-state index >= 15 is 0 Å². The normalized spacial score (nSPS) is 12.0. The third kappa shape index (κ3) is 2.12. The van der Waals surface area contributed by atoms with E-state index < -0.39 is 0 Å². The first kappa shape index (κ1) is 11.2. The van der Waals surface area contributed by atoms with E-state index in [1.54, 1.807) is 16.0 Å². The quantitative estimate of drug-likeness (QED) is 0.674. The number of hydrogen-bond acceptors (Lipinski definition) is 4. The van der Waals surface area contributed by atoms with Gasteiger partial charge < -0.3 is 0 Å². The molecule has 0 atom stereocenters. The van der Waals surface area contributed by atoms with Crippen LogP contribution in [0.2, 0.25) is 0 Å². The van der Waals surface area contributed by atoms with Crippen LogP contribution in [0.25, 0.3) is 0 Å². The number of rotatable bonds is 3. The number of nitrogens with zero attached hydrogens (tertiary/aromatic N) is 3. The van der Waals surface area contributed by atoms with Crippen LogP contribution in [0.5, 0.6) is 0 Å². The van der Waals surface area contributed by atoms with Crippen molar-refractivity contribution in [2.45, 2.75) is 20.3 Å². The SMILES string of the molecule is CCc1n[nH]c(=S)n1/N=C(/C)c1cccs1. The zero-order chi connectivity index (χ0) is 11.5. The predicted octanol–water partition coefficient (Wildman–Crippen LogP) is 2.84. The van der Waals surface area contributed by atoms with Gasteiger partial charge in [-0.2, -0.15) is 14.9 Å². The van der Waals surface area contributed by atoms with E-state index in [1.165, 1.54) is 0 Å². The van der Waals surface area contributed by atoms with Crippen molar-refractivity contribution in [1.82, 2.24) is 14.9 Å². The second-order valence-electron chi connectivity index (χ2n) is 3.27. The fourth-order valence-corrected chi connectivity index (χ4v) is 2.20. The lowest BCUT2D eigenvalue weighted by molar-refractivity contribution is 0.776. The van der Waals surface area contributed by atoms with Gasteiger partial charge in [0.25, 0.3) is 0 Å². The number of nitrogens with one attached hydrogen (secondary N) is 1. The maximum atomic E-state index is 5.13. The van der Waals surface area contributed by atoms with Gasteiger partial charge in [-0.1, -0.05) is 13.0 Å². The second-order valence-corrected chi connectivity index (χ2v) is 4.61. The molecule has 0 bridgehead atoms. The number of H-pyrrole nitrogens is 1. The molecular formula is C10H12N4S2. The molecule has 0 aliphatic heterocycles. The molecule has 0 saturated heterocycles. The Hall–Kier alpha value is -1.27. The number of hydrogen-bond donors (Lipinski definition) is 1. The van der Waals surface area contributed by atoms with Gasteiger partial charge in [0.2, 0.25) is 4.77 Å². The van der Waals surface area contributed by atoms with E-state index in [0.717, 1.165) is 22.8 Å². The van der Waals surface area contributed by atoms with Gasteiger partial charge in [-0.05, 0) is 30.6 Å². The Balaban J connectivity index is 2.43. The average Bonchev–Trinajstić information content (AvgIpc) is 2.89. The molecule has 2 rings (SSSR count). The summed E-state index contributed by atoms with van der Waals surface area (Å²) < 4.78 is 2.22. The zero-order valence-electron chi connectivity index (χ0n) is 9.10. The molecule has 0 spiro atoms. The highest BCUT2D eigenvalue weighted by Gasteiger charge is 2.04. The van der Waals surface area contributed by atoms with Crippen molar-refractivity contribution in [2.75, 3.05) is 0 Å². The first-order chi connectivity index (χ1) is 7.72. The predicted molar refractivity (Wildman–Crippen MR) is 68.7 cm³/mol. The van der Waals surface area contributed by atoms with Crippen LogP contribution < -0.4 is 0 Å². The van der Waals surface area contributed by atoms with E-state index in [4.69, 9.17) is 12.2 Å². The molecule has 1 N–H and O–H groups in total. The third-order valence-corrected chi connectivity index (χ3v) is 3.40. The smallest absolute Gasteiger partial charge is 0.216 e. The maximum Gasteiger partial charge on any atom is 0.216 e. The first-order valence-electron chi connectivity index (χ1n) is 4.98. The molecule has 0 aromatic carbocycles. The molecule has 2 aromatic heterocycles. The molecule has 0 fully saturated rings. The fourth-order valence-electron chi connectivity index (χ4n) is 1.34. The summed E-state index contributed by atoms with van der Waals surface area (Å²) in [5.41, 5.74) is 0.946. The van der Waals surface area contributed by atoms with Crippen LogP contribution in [0.3, 0.4) is 0 Å². The topological polar surface area (TPSA) is 46.0 Å². The van der Waals surface area contributed by atoms with Gasteiger partial charge in [-0.3, -0.25) is 5.10 Å². The van der Waals surface area contributed by atoms with Crippen molar-refractivity contribution in [2.24, 2.45) is 5.10 Å². The molecule has 0 unspecified atom stereocenters. The Bertz CT molecular complexity index is 548. The summed E-state index contributed by atoms with van der Waals surface area (Å²) >= 11 is 6.79. The van der Waals surface area contributed by atoms with Gasteiger partial charge in [-0.25, -0.2) is 0 Å². The molecule has 2 heterocycles. The average molecular weight is 252 g/mol. The van der Waals surface area contributed by atoms with Crippen molar-refractivity contribution in [3.8, 4) is 0 Å². The number of aromatic nitrogens is 3. The Morgan fingerprint density at radius 1 is 1.69 bits per heavy atom. The van der Waals surface area contributed by atoms with E-state index in [-0.39, 0.29) is 0 Å². The minimum atomic E-state index is 0.535. The van der Waals surface area contributed by atoms with Crippen molar-refractivity contribution < 1.29 is 0 Å². The Labute approximate surface area is 103 Å². The highest BCUT2D eigenvalue weighted by molar-refractivity contribution is 7.71. The highest BCUT2D eigenvalue weighted by atomic mass is 32.1. The van der Waals surface area contributed by atoms with Crippen molar-refractivity contribution in [3.05, 3.63) is 33.0 Å². The molecule has 16 heavy (non-hydrogen) atoms. The fraction of sp³-hybridized carbons (Fsp3) is 0.300. The number of aromatic amines is 1. The van der Waals surface area contributed by atoms with E-state index in [0.29, 0.717) is 4.77 Å². The minimum absolute atomic E-state index is 0.535. The lowest BCUT2D eigenvalue weighted by Gasteiger charge is -1.99. The van der Waals surface area contributed by atoms with Crippen molar-refractivity contribution in [1.29, 1.82) is 0 Å². The van der Waals surface area contributed by atoms with Gasteiger partial charge in [0.1, 0.15) is 0 Å². The summed E-state index contributed by atoms with van der Waals surface area (Å²) in [7, 11) is 0. The molecule has 6 heteroatoms. The Morgan fingerprint density at radius 2 is 2.50 bits per heavy atom. The molecule has 0 amide bonds. The summed E-state index contributed by atoms with van der Waals surface area (Å²) in [4.78, 5) is 1.14. The largest absolute Gasteiger partial charge is 0.250 e. The van der Waals surface area contributed by atoms with Gasteiger partial charge in [0, 0.05) is 6.42 Å². The first-order valence-corrected chi connectivity index (χ1v) is 6.27. The molecule has 2 aromatic rings. The van der Waals surface area contributed by atoms with E-state index in [2.05, 4.69) is 15.3 Å². The molecular weight excluding hydrogens is 240 g/mol. The maximum absolute atomic E-state index is 5.13. The number of aryl methyl sites for hydroxylation is 1. The number of thiophene rings is 1. The molecule has 4 nitrogen and oxygen atoms in total. The standard InChI is InChI=1S/C10H12N4S2/c1-3-9-11-12-10(15)14(9)13-7(2)8-5-4-6-16-8/h4-6H,3H2,1-2H3,(H,12,15)/b13-7-. The Kier molecular flexibility index (Phi) is 3.31. The van der Waals surface area contributed by atoms with Crippen LogP contribution in [0.4, 0.5) is 0 Å². The van der Waals surface area contributed by atoms with Crippen molar-refractivity contribution >= 4 is 29.3 Å². The summed E-state index contributed by atoms with van der Waals surface area (Å²) in [6, 6.07) is 4.05. The molecule has 0 saturated carbocycles. The van der Waals surface area contributed by atoms with Gasteiger partial charge >= 0.3 is 0 Å². The zero-order valence-corrected chi connectivity index (χ0v) is 10.7. The van der Waals surface area contributed by atoms with E-state index in [9.17, 15) is 0 Å². The minimum Gasteiger partial charge on any atom is -0.250 e. The van der Waals surface area contributed by atoms with Crippen LogP contribution in [0, 0.1) is 4.77 Å². The van der Waals surface area contributed by atoms with Crippen LogP contribution >= 0.6 is 23.6 Å². The summed E-state index contributed by atoms with van der Waals surface area (Å²) in [5, 5.41) is 13.4. The summed E-state index contributed by atoms with van der Waals surface area (Å²) in [6.45, 7) is 4.00. The van der Waals surface area contributed by atoms with Gasteiger partial charge in [0.05, 0.1) is 10.6 Å². The molecule has 0 radical (unpaired) electrons. The third-order valence-electron chi connectivity index (χ3n) is 2.16. The summed E-state index contributed by atoms with van der Waals surface area (Å²) in [5.74, 6) is 0.848. The van der Waals surface area contributed by atoms with Crippen LogP contribution in [-0.4, -0.2) is 20.6 Å². The second kappa shape index (κ2) is 4.71. The van der Waals surface area contributed by atoms with Crippen LogP contribution in [0.15, 0.2) is 22.6 Å². The molecule has 84 valence electrons. The summed E-state index contributed by atoms with van der Waals surface area (Å²) in [6.07, 6.45) is 0.800. The van der Waals surface area contributed by atoms with E-state index in [1.807, 2.05) is 31.4 Å². The lowest BCUT2D eigenvalue weighted by atomic mass is 10.3. The van der Waals surface area contributed by atoms with Crippen LogP contribution in [0.1, 0.15) is 24.5 Å².